The summed E-state index contributed by atoms with van der Waals surface area (Å²) in [4.78, 5) is 19.5. The molecule has 1 amide bonds. The lowest BCUT2D eigenvalue weighted by Crippen LogP contribution is -2.49. The molecule has 2 fully saturated rings. The summed E-state index contributed by atoms with van der Waals surface area (Å²) in [5.41, 5.74) is 1.96. The van der Waals surface area contributed by atoms with Crippen molar-refractivity contribution in [3.05, 3.63) is 54.0 Å². The summed E-state index contributed by atoms with van der Waals surface area (Å²) < 4.78 is 14.8. The molecule has 2 aromatic heterocycles. The third-order valence-corrected chi connectivity index (χ3v) is 6.70. The number of rotatable bonds is 4. The van der Waals surface area contributed by atoms with Gasteiger partial charge in [-0.15, -0.1) is 10.2 Å². The summed E-state index contributed by atoms with van der Waals surface area (Å²) in [5, 5.41) is 13.4. The Morgan fingerprint density at radius 2 is 1.38 bits per heavy atom. The molecule has 0 spiro atoms. The average Bonchev–Trinajstić information content (AvgIpc) is 3.07. The Morgan fingerprint density at radius 3 is 1.97 bits per heavy atom. The molecule has 34 heavy (non-hydrogen) atoms. The molecule has 0 radical (unpaired) electrons. The minimum atomic E-state index is -0.296. The van der Waals surface area contributed by atoms with Gasteiger partial charge >= 0.3 is 0 Å². The highest BCUT2D eigenvalue weighted by molar-refractivity contribution is 5.94. The first kappa shape index (κ1) is 22.3. The largest absolute Gasteiger partial charge is 0.355 e. The number of piperazine rings is 1. The van der Waals surface area contributed by atoms with E-state index >= 15 is 0 Å². The van der Waals surface area contributed by atoms with Crippen LogP contribution in [0.5, 0.6) is 0 Å². The van der Waals surface area contributed by atoms with Crippen molar-refractivity contribution in [3.8, 4) is 11.3 Å². The Balaban J connectivity index is 1.20. The Labute approximate surface area is 199 Å². The molecule has 1 aromatic carbocycles. The molecule has 0 bridgehead atoms. The molecule has 0 unspecified atom stereocenters. The van der Waals surface area contributed by atoms with E-state index in [4.69, 9.17) is 0 Å². The highest BCUT2D eigenvalue weighted by Crippen LogP contribution is 2.22. The number of nitrogens with zero attached hydrogens (tertiary/aromatic N) is 7. The van der Waals surface area contributed by atoms with Crippen LogP contribution in [0, 0.1) is 5.82 Å². The van der Waals surface area contributed by atoms with Crippen molar-refractivity contribution in [3.63, 3.8) is 0 Å². The molecular weight excluding hydrogens is 433 g/mol. The van der Waals surface area contributed by atoms with Gasteiger partial charge in [-0.1, -0.05) is 12.8 Å². The van der Waals surface area contributed by atoms with Crippen molar-refractivity contribution < 1.29 is 9.18 Å². The van der Waals surface area contributed by atoms with Gasteiger partial charge < -0.3 is 14.7 Å². The SMILES string of the molecule is Cn1nc(-c2ccc(F)cc2)cc1C(=O)N1CCN(c2ccc(N3CCCCCC3)nn2)CC1. The van der Waals surface area contributed by atoms with Gasteiger partial charge in [-0.25, -0.2) is 4.39 Å². The standard InChI is InChI=1S/C25H30FN7O/c1-30-22(18-21(29-30)19-6-8-20(26)9-7-19)25(34)33-16-14-32(15-17-33)24-11-10-23(27-28-24)31-12-4-2-3-5-13-31/h6-11,18H,2-5,12-17H2,1H3. The second-order valence-electron chi connectivity index (χ2n) is 8.98. The monoisotopic (exact) mass is 463 g/mol. The maximum absolute atomic E-state index is 13.2. The Kier molecular flexibility index (Phi) is 6.42. The number of hydrogen-bond acceptors (Lipinski definition) is 6. The summed E-state index contributed by atoms with van der Waals surface area (Å²) in [6.45, 7) is 4.70. The van der Waals surface area contributed by atoms with Crippen LogP contribution in [0.15, 0.2) is 42.5 Å². The van der Waals surface area contributed by atoms with E-state index in [2.05, 4.69) is 31.2 Å². The topological polar surface area (TPSA) is 70.4 Å². The van der Waals surface area contributed by atoms with Gasteiger partial charge in [-0.2, -0.15) is 5.10 Å². The number of benzene rings is 1. The van der Waals surface area contributed by atoms with Crippen molar-refractivity contribution in [2.75, 3.05) is 49.1 Å². The number of anilines is 2. The molecule has 9 heteroatoms. The first-order valence-corrected chi connectivity index (χ1v) is 12.0. The highest BCUT2D eigenvalue weighted by atomic mass is 19.1. The zero-order valence-corrected chi connectivity index (χ0v) is 19.5. The van der Waals surface area contributed by atoms with Crippen LogP contribution in [0.25, 0.3) is 11.3 Å². The van der Waals surface area contributed by atoms with Crippen LogP contribution in [0.4, 0.5) is 16.0 Å². The molecule has 0 atom stereocenters. The van der Waals surface area contributed by atoms with E-state index in [9.17, 15) is 9.18 Å². The smallest absolute Gasteiger partial charge is 0.272 e. The Hall–Kier alpha value is -3.49. The van der Waals surface area contributed by atoms with E-state index in [1.807, 2.05) is 11.0 Å². The molecule has 0 aliphatic carbocycles. The van der Waals surface area contributed by atoms with E-state index < -0.39 is 0 Å². The number of aromatic nitrogens is 4. The van der Waals surface area contributed by atoms with Crippen LogP contribution >= 0.6 is 0 Å². The van der Waals surface area contributed by atoms with E-state index in [0.29, 0.717) is 37.6 Å². The van der Waals surface area contributed by atoms with Crippen LogP contribution in [0.3, 0.4) is 0 Å². The predicted molar refractivity (Wildman–Crippen MR) is 129 cm³/mol. The van der Waals surface area contributed by atoms with E-state index in [-0.39, 0.29) is 11.7 Å². The highest BCUT2D eigenvalue weighted by Gasteiger charge is 2.26. The number of halogens is 1. The Bertz CT molecular complexity index is 1110. The van der Waals surface area contributed by atoms with E-state index in [1.165, 1.54) is 37.8 Å². The van der Waals surface area contributed by atoms with Crippen molar-refractivity contribution in [1.82, 2.24) is 24.9 Å². The first-order valence-electron chi connectivity index (χ1n) is 12.0. The minimum absolute atomic E-state index is 0.0504. The third kappa shape index (κ3) is 4.73. The summed E-state index contributed by atoms with van der Waals surface area (Å²) in [5.74, 6) is 1.46. The molecule has 5 rings (SSSR count). The van der Waals surface area contributed by atoms with Crippen LogP contribution in [0.1, 0.15) is 36.2 Å². The number of hydrogen-bond donors (Lipinski definition) is 0. The maximum atomic E-state index is 13.2. The normalized spacial score (nSPS) is 17.1. The van der Waals surface area contributed by atoms with Crippen molar-refractivity contribution in [2.24, 2.45) is 7.05 Å². The molecule has 0 saturated carbocycles. The molecule has 2 saturated heterocycles. The number of aryl methyl sites for hydroxylation is 1. The maximum Gasteiger partial charge on any atom is 0.272 e. The van der Waals surface area contributed by atoms with Gasteiger partial charge in [-0.05, 0) is 55.3 Å². The van der Waals surface area contributed by atoms with Gasteiger partial charge in [0.2, 0.25) is 0 Å². The lowest BCUT2D eigenvalue weighted by atomic mass is 10.1. The summed E-state index contributed by atoms with van der Waals surface area (Å²) in [6, 6.07) is 12.0. The zero-order chi connectivity index (χ0) is 23.5. The summed E-state index contributed by atoms with van der Waals surface area (Å²) in [7, 11) is 1.76. The molecule has 3 aromatic rings. The first-order chi connectivity index (χ1) is 16.6. The quantitative estimate of drug-likeness (QED) is 0.591. The average molecular weight is 464 g/mol. The molecule has 0 N–H and O–H groups in total. The number of carbonyl (C=O) groups excluding carboxylic acids is 1. The van der Waals surface area contributed by atoms with Gasteiger partial charge in [0.05, 0.1) is 5.69 Å². The van der Waals surface area contributed by atoms with Gasteiger partial charge in [0.15, 0.2) is 11.6 Å². The molecule has 4 heterocycles. The fourth-order valence-electron chi connectivity index (χ4n) is 4.69. The summed E-state index contributed by atoms with van der Waals surface area (Å²) in [6.07, 6.45) is 5.00. The van der Waals surface area contributed by atoms with Gasteiger partial charge in [0, 0.05) is 51.9 Å². The van der Waals surface area contributed by atoms with Crippen molar-refractivity contribution in [1.29, 1.82) is 0 Å². The van der Waals surface area contributed by atoms with Crippen LogP contribution < -0.4 is 9.80 Å². The molecule has 2 aliphatic rings. The lowest BCUT2D eigenvalue weighted by Gasteiger charge is -2.35. The fourth-order valence-corrected chi connectivity index (χ4v) is 4.69. The van der Waals surface area contributed by atoms with E-state index in [0.717, 1.165) is 30.3 Å². The van der Waals surface area contributed by atoms with E-state index in [1.54, 1.807) is 29.9 Å². The van der Waals surface area contributed by atoms with Crippen LogP contribution in [-0.2, 0) is 7.05 Å². The van der Waals surface area contributed by atoms with Crippen molar-refractivity contribution >= 4 is 17.5 Å². The zero-order valence-electron chi connectivity index (χ0n) is 19.5. The molecule has 8 nitrogen and oxygen atoms in total. The van der Waals surface area contributed by atoms with Crippen molar-refractivity contribution in [2.45, 2.75) is 25.7 Å². The van der Waals surface area contributed by atoms with Gasteiger partial charge in [-0.3, -0.25) is 9.48 Å². The van der Waals surface area contributed by atoms with Gasteiger partial charge in [0.1, 0.15) is 11.5 Å². The molecule has 2 aliphatic heterocycles. The second kappa shape index (κ2) is 9.79. The number of carbonyl (C=O) groups is 1. The van der Waals surface area contributed by atoms with Crippen LogP contribution in [-0.4, -0.2) is 70.1 Å². The van der Waals surface area contributed by atoms with Gasteiger partial charge in [0.25, 0.3) is 5.91 Å². The Morgan fingerprint density at radius 1 is 0.794 bits per heavy atom. The molecular formula is C25H30FN7O. The third-order valence-electron chi connectivity index (χ3n) is 6.70. The minimum Gasteiger partial charge on any atom is -0.355 e. The predicted octanol–water partition coefficient (Wildman–Crippen LogP) is 3.36. The molecule has 178 valence electrons. The van der Waals surface area contributed by atoms with Crippen LogP contribution in [0.2, 0.25) is 0 Å². The summed E-state index contributed by atoms with van der Waals surface area (Å²) >= 11 is 0. The number of amides is 1. The second-order valence-corrected chi connectivity index (χ2v) is 8.98. The lowest BCUT2D eigenvalue weighted by molar-refractivity contribution is 0.0735. The fraction of sp³-hybridized carbons (Fsp3) is 0.440.